The molecule has 1 atom stereocenters. The van der Waals surface area contributed by atoms with Gasteiger partial charge in [0.1, 0.15) is 0 Å². The minimum atomic E-state index is -0.0932. The Morgan fingerprint density at radius 1 is 0.471 bits per heavy atom. The highest BCUT2D eigenvalue weighted by molar-refractivity contribution is 5.80. The molecule has 6 heteroatoms. The maximum Gasteiger partial charge on any atom is 0.0900 e. The summed E-state index contributed by atoms with van der Waals surface area (Å²) in [5, 5.41) is 0. The number of hydrogen-bond donors (Lipinski definition) is 0. The number of hydrogen-bond acceptors (Lipinski definition) is 6. The largest absolute Gasteiger partial charge is 0.255 e. The van der Waals surface area contributed by atoms with Crippen molar-refractivity contribution in [3.63, 3.8) is 0 Å². The van der Waals surface area contributed by atoms with Crippen molar-refractivity contribution in [1.82, 2.24) is 29.9 Å². The van der Waals surface area contributed by atoms with Crippen molar-refractivity contribution in [2.75, 3.05) is 0 Å². The zero-order chi connectivity index (χ0) is 34.6. The van der Waals surface area contributed by atoms with Gasteiger partial charge in [0, 0.05) is 24.8 Å². The topological polar surface area (TPSA) is 77.3 Å². The van der Waals surface area contributed by atoms with Crippen LogP contribution in [0.3, 0.4) is 0 Å². The Labute approximate surface area is 298 Å². The highest BCUT2D eigenvalue weighted by atomic mass is 14.8. The van der Waals surface area contributed by atoms with Crippen LogP contribution in [-0.4, -0.2) is 29.9 Å². The van der Waals surface area contributed by atoms with Gasteiger partial charge in [-0.15, -0.1) is 0 Å². The normalized spacial score (nSPS) is 14.2. The van der Waals surface area contributed by atoms with Crippen molar-refractivity contribution in [3.8, 4) is 56.7 Å². The van der Waals surface area contributed by atoms with E-state index >= 15 is 0 Å². The summed E-state index contributed by atoms with van der Waals surface area (Å²) in [6, 6.07) is 41.1. The van der Waals surface area contributed by atoms with Crippen LogP contribution < -0.4 is 0 Å². The number of aromatic nitrogens is 6. The molecule has 1 aliphatic carbocycles. The lowest BCUT2D eigenvalue weighted by Gasteiger charge is -2.34. The van der Waals surface area contributed by atoms with Crippen LogP contribution in [0.4, 0.5) is 0 Å². The third-order valence-corrected chi connectivity index (χ3v) is 9.68. The first-order valence-electron chi connectivity index (χ1n) is 17.2. The fourth-order valence-corrected chi connectivity index (χ4v) is 6.65. The summed E-state index contributed by atoms with van der Waals surface area (Å²) in [5.74, 6) is 0.326. The third kappa shape index (κ3) is 6.77. The Morgan fingerprint density at radius 2 is 0.902 bits per heavy atom. The van der Waals surface area contributed by atoms with Gasteiger partial charge in [0.25, 0.3) is 0 Å². The van der Waals surface area contributed by atoms with Crippen LogP contribution in [0.5, 0.6) is 0 Å². The summed E-state index contributed by atoms with van der Waals surface area (Å²) in [6.45, 7) is 4.68. The van der Waals surface area contributed by atoms with E-state index in [2.05, 4.69) is 101 Å². The Hall–Kier alpha value is -6.40. The zero-order valence-corrected chi connectivity index (χ0v) is 28.6. The van der Waals surface area contributed by atoms with Crippen molar-refractivity contribution in [2.45, 2.75) is 25.7 Å². The molecule has 1 aliphatic rings. The third-order valence-electron chi connectivity index (χ3n) is 9.68. The van der Waals surface area contributed by atoms with Crippen molar-refractivity contribution < 1.29 is 0 Å². The summed E-state index contributed by atoms with van der Waals surface area (Å²) >= 11 is 0. The summed E-state index contributed by atoms with van der Waals surface area (Å²) in [5.41, 5.74) is 12.3. The molecule has 6 aromatic heterocycles. The molecule has 0 spiro atoms. The van der Waals surface area contributed by atoms with Crippen LogP contribution >= 0.6 is 0 Å². The molecule has 0 saturated heterocycles. The summed E-state index contributed by atoms with van der Waals surface area (Å²) in [4.78, 5) is 28.2. The average molecular weight is 661 g/mol. The molecular formula is C45H36N6. The Morgan fingerprint density at radius 3 is 1.27 bits per heavy atom. The lowest BCUT2D eigenvalue weighted by molar-refractivity contribution is 0.383. The summed E-state index contributed by atoms with van der Waals surface area (Å²) < 4.78 is 0. The first kappa shape index (κ1) is 31.8. The molecule has 6 nitrogen and oxygen atoms in total. The molecule has 0 aliphatic heterocycles. The van der Waals surface area contributed by atoms with Gasteiger partial charge in [-0.1, -0.05) is 80.6 Å². The standard InChI is InChI=1S/C45H36N6/c1-45(2,35-19-15-31(16-20-35)33-27-41(37-11-3-7-23-46-37)50-42(28-33)38-12-4-8-24-47-38)36-21-17-32(18-22-36)34-29-43(39-13-5-9-25-48-39)51-44(30-34)40-14-6-10-26-49-40/h3-21,23-30,36H,22H2,1-2H3. The quantitative estimate of drug-likeness (QED) is 0.161. The van der Waals surface area contributed by atoms with Gasteiger partial charge in [0.2, 0.25) is 0 Å². The predicted octanol–water partition coefficient (Wildman–Crippen LogP) is 10.3. The van der Waals surface area contributed by atoms with Gasteiger partial charge < -0.3 is 0 Å². The average Bonchev–Trinajstić information content (AvgIpc) is 3.22. The van der Waals surface area contributed by atoms with Crippen molar-refractivity contribution in [1.29, 1.82) is 0 Å². The van der Waals surface area contributed by atoms with E-state index in [-0.39, 0.29) is 5.41 Å². The maximum atomic E-state index is 4.95. The van der Waals surface area contributed by atoms with E-state index in [1.165, 1.54) is 11.1 Å². The van der Waals surface area contributed by atoms with Crippen LogP contribution in [0, 0.1) is 5.92 Å². The van der Waals surface area contributed by atoms with E-state index in [0.717, 1.165) is 68.7 Å². The molecule has 0 radical (unpaired) electrons. The summed E-state index contributed by atoms with van der Waals surface area (Å²) in [6.07, 6.45) is 15.1. The van der Waals surface area contributed by atoms with Crippen LogP contribution in [-0.2, 0) is 5.41 Å². The molecule has 0 amide bonds. The first-order valence-corrected chi connectivity index (χ1v) is 17.2. The van der Waals surface area contributed by atoms with Crippen LogP contribution in [0.1, 0.15) is 31.4 Å². The maximum absolute atomic E-state index is 4.95. The summed E-state index contributed by atoms with van der Waals surface area (Å²) in [7, 11) is 0. The fraction of sp³-hybridized carbons (Fsp3) is 0.111. The van der Waals surface area contributed by atoms with E-state index in [0.29, 0.717) is 5.92 Å². The molecule has 1 aromatic carbocycles. The number of rotatable bonds is 8. The smallest absolute Gasteiger partial charge is 0.0900 e. The number of allylic oxidation sites excluding steroid dienone is 4. The van der Waals surface area contributed by atoms with Gasteiger partial charge in [-0.25, -0.2) is 9.97 Å². The molecule has 246 valence electrons. The molecule has 0 N–H and O–H groups in total. The molecule has 0 saturated carbocycles. The van der Waals surface area contributed by atoms with Crippen molar-refractivity contribution in [3.05, 3.63) is 175 Å². The minimum Gasteiger partial charge on any atom is -0.255 e. The highest BCUT2D eigenvalue weighted by Gasteiger charge is 2.30. The predicted molar refractivity (Wildman–Crippen MR) is 205 cm³/mol. The zero-order valence-electron chi connectivity index (χ0n) is 28.6. The van der Waals surface area contributed by atoms with Gasteiger partial charge in [-0.2, -0.15) is 0 Å². The van der Waals surface area contributed by atoms with E-state index in [1.807, 2.05) is 72.8 Å². The molecule has 51 heavy (non-hydrogen) atoms. The van der Waals surface area contributed by atoms with Gasteiger partial charge in [0.15, 0.2) is 0 Å². The van der Waals surface area contributed by atoms with Gasteiger partial charge in [-0.3, -0.25) is 19.9 Å². The second kappa shape index (κ2) is 13.8. The number of benzene rings is 1. The molecule has 1 unspecified atom stereocenters. The Bertz CT molecular complexity index is 2220. The van der Waals surface area contributed by atoms with E-state index in [1.54, 1.807) is 24.8 Å². The van der Waals surface area contributed by atoms with E-state index in [4.69, 9.17) is 9.97 Å². The van der Waals surface area contributed by atoms with Crippen LogP contribution in [0.25, 0.3) is 62.3 Å². The van der Waals surface area contributed by atoms with E-state index < -0.39 is 0 Å². The molecule has 8 rings (SSSR count). The first-order chi connectivity index (χ1) is 25.0. The van der Waals surface area contributed by atoms with Crippen molar-refractivity contribution >= 4 is 5.57 Å². The second-order valence-corrected chi connectivity index (χ2v) is 13.3. The van der Waals surface area contributed by atoms with Crippen LogP contribution in [0.15, 0.2) is 164 Å². The fourth-order valence-electron chi connectivity index (χ4n) is 6.65. The molecular weight excluding hydrogens is 625 g/mol. The Kier molecular flexibility index (Phi) is 8.64. The number of pyridine rings is 6. The van der Waals surface area contributed by atoms with Gasteiger partial charge in [-0.05, 0) is 118 Å². The van der Waals surface area contributed by atoms with Crippen molar-refractivity contribution in [2.24, 2.45) is 5.92 Å². The molecule has 0 bridgehead atoms. The minimum absolute atomic E-state index is 0.0932. The van der Waals surface area contributed by atoms with Gasteiger partial charge >= 0.3 is 0 Å². The molecule has 7 aromatic rings. The lowest BCUT2D eigenvalue weighted by atomic mass is 9.70. The molecule has 0 fully saturated rings. The Balaban J connectivity index is 1.06. The monoisotopic (exact) mass is 660 g/mol. The van der Waals surface area contributed by atoms with Gasteiger partial charge in [0.05, 0.1) is 45.6 Å². The van der Waals surface area contributed by atoms with Crippen LogP contribution in [0.2, 0.25) is 0 Å². The highest BCUT2D eigenvalue weighted by Crippen LogP contribution is 2.40. The SMILES string of the molecule is CC(C)(c1ccc(-c2cc(-c3ccccn3)nc(-c3ccccn3)c2)cc1)C1C=CC(c2cc(-c3ccccn3)nc(-c3ccccn3)c2)=CC1. The second-order valence-electron chi connectivity index (χ2n) is 13.3. The molecule has 6 heterocycles. The lowest BCUT2D eigenvalue weighted by Crippen LogP contribution is -2.28. The van der Waals surface area contributed by atoms with E-state index in [9.17, 15) is 0 Å². The number of nitrogens with zero attached hydrogens (tertiary/aromatic N) is 6.